The van der Waals surface area contributed by atoms with E-state index >= 15 is 0 Å². The summed E-state index contributed by atoms with van der Waals surface area (Å²) in [4.78, 5) is 15.9. The molecule has 0 aliphatic heterocycles. The first kappa shape index (κ1) is 12.2. The van der Waals surface area contributed by atoms with Crippen LogP contribution < -0.4 is 10.1 Å². The summed E-state index contributed by atoms with van der Waals surface area (Å²) in [5.41, 5.74) is 1.58. The quantitative estimate of drug-likeness (QED) is 0.884. The van der Waals surface area contributed by atoms with Crippen LogP contribution in [0.2, 0.25) is 0 Å². The van der Waals surface area contributed by atoms with Gasteiger partial charge in [-0.15, -0.1) is 0 Å². The standard InChI is InChI=1S/C13H15N3O2/c1-16-7-3-4-11(16)13(17)15-9-10-5-6-14-12(8-10)18-2/h3-8H,9H2,1-2H3,(H,15,17). The molecule has 0 radical (unpaired) electrons. The Morgan fingerprint density at radius 2 is 2.33 bits per heavy atom. The number of aromatic nitrogens is 2. The molecule has 0 fully saturated rings. The van der Waals surface area contributed by atoms with Crippen LogP contribution in [0.3, 0.4) is 0 Å². The fourth-order valence-electron chi connectivity index (χ4n) is 1.64. The number of pyridine rings is 1. The minimum absolute atomic E-state index is 0.0988. The number of nitrogens with zero attached hydrogens (tertiary/aromatic N) is 2. The lowest BCUT2D eigenvalue weighted by molar-refractivity contribution is 0.0942. The van der Waals surface area contributed by atoms with Crippen molar-refractivity contribution in [3.05, 3.63) is 47.9 Å². The highest BCUT2D eigenvalue weighted by Gasteiger charge is 2.08. The predicted octanol–water partition coefficient (Wildman–Crippen LogP) is 1.36. The summed E-state index contributed by atoms with van der Waals surface area (Å²) in [6.45, 7) is 0.447. The number of amides is 1. The topological polar surface area (TPSA) is 56.1 Å². The van der Waals surface area contributed by atoms with Crippen molar-refractivity contribution in [2.24, 2.45) is 7.05 Å². The van der Waals surface area contributed by atoms with Crippen molar-refractivity contribution in [2.75, 3.05) is 7.11 Å². The Balaban J connectivity index is 1.99. The Kier molecular flexibility index (Phi) is 3.62. The minimum Gasteiger partial charge on any atom is -0.481 e. The van der Waals surface area contributed by atoms with E-state index in [1.165, 1.54) is 0 Å². The zero-order valence-corrected chi connectivity index (χ0v) is 10.4. The fraction of sp³-hybridized carbons (Fsp3) is 0.231. The molecule has 0 aliphatic rings. The third-order valence-corrected chi connectivity index (χ3v) is 2.64. The lowest BCUT2D eigenvalue weighted by Gasteiger charge is -2.07. The number of rotatable bonds is 4. The molecule has 0 atom stereocenters. The van der Waals surface area contributed by atoms with Gasteiger partial charge >= 0.3 is 0 Å². The van der Waals surface area contributed by atoms with E-state index in [2.05, 4.69) is 10.3 Å². The maximum atomic E-state index is 11.9. The Labute approximate surface area is 105 Å². The van der Waals surface area contributed by atoms with Crippen molar-refractivity contribution in [1.82, 2.24) is 14.9 Å². The van der Waals surface area contributed by atoms with Crippen LogP contribution in [0.25, 0.3) is 0 Å². The van der Waals surface area contributed by atoms with Crippen LogP contribution in [0.15, 0.2) is 36.7 Å². The molecule has 0 aliphatic carbocycles. The Morgan fingerprint density at radius 3 is 3.00 bits per heavy atom. The molecule has 2 heterocycles. The Bertz CT molecular complexity index is 549. The van der Waals surface area contributed by atoms with Gasteiger partial charge < -0.3 is 14.6 Å². The van der Waals surface area contributed by atoms with Gasteiger partial charge in [0.2, 0.25) is 5.88 Å². The monoisotopic (exact) mass is 245 g/mol. The van der Waals surface area contributed by atoms with Gasteiger partial charge in [0.25, 0.3) is 5.91 Å². The second-order valence-electron chi connectivity index (χ2n) is 3.89. The van der Waals surface area contributed by atoms with Gasteiger partial charge in [0.15, 0.2) is 0 Å². The fourth-order valence-corrected chi connectivity index (χ4v) is 1.64. The smallest absolute Gasteiger partial charge is 0.268 e. The molecule has 5 nitrogen and oxygen atoms in total. The van der Waals surface area contributed by atoms with Crippen LogP contribution in [0.4, 0.5) is 0 Å². The summed E-state index contributed by atoms with van der Waals surface area (Å²) in [6, 6.07) is 7.26. The normalized spacial score (nSPS) is 10.1. The first-order valence-electron chi connectivity index (χ1n) is 5.59. The third kappa shape index (κ3) is 2.68. The molecular formula is C13H15N3O2. The van der Waals surface area contributed by atoms with E-state index in [1.54, 1.807) is 30.0 Å². The van der Waals surface area contributed by atoms with Crippen molar-refractivity contribution in [3.8, 4) is 5.88 Å². The highest BCUT2D eigenvalue weighted by molar-refractivity contribution is 5.92. The van der Waals surface area contributed by atoms with Crippen molar-refractivity contribution in [2.45, 2.75) is 6.54 Å². The SMILES string of the molecule is COc1cc(CNC(=O)c2cccn2C)ccn1. The number of nitrogens with one attached hydrogen (secondary N) is 1. The molecule has 2 aromatic rings. The highest BCUT2D eigenvalue weighted by Crippen LogP contribution is 2.08. The summed E-state index contributed by atoms with van der Waals surface area (Å²) >= 11 is 0. The number of ether oxygens (including phenoxy) is 1. The molecule has 94 valence electrons. The summed E-state index contributed by atoms with van der Waals surface area (Å²) in [7, 11) is 3.40. The molecule has 0 bridgehead atoms. The minimum atomic E-state index is -0.0988. The number of hydrogen-bond donors (Lipinski definition) is 1. The van der Waals surface area contributed by atoms with E-state index in [-0.39, 0.29) is 5.91 Å². The van der Waals surface area contributed by atoms with Crippen molar-refractivity contribution in [1.29, 1.82) is 0 Å². The molecule has 1 N–H and O–H groups in total. The van der Waals surface area contributed by atoms with Gasteiger partial charge in [-0.3, -0.25) is 4.79 Å². The summed E-state index contributed by atoms with van der Waals surface area (Å²) in [5, 5.41) is 2.85. The number of aryl methyl sites for hydroxylation is 1. The van der Waals surface area contributed by atoms with Gasteiger partial charge in [-0.1, -0.05) is 0 Å². The van der Waals surface area contributed by atoms with Crippen LogP contribution >= 0.6 is 0 Å². The summed E-state index contributed by atoms with van der Waals surface area (Å²) in [5.74, 6) is 0.443. The average molecular weight is 245 g/mol. The van der Waals surface area contributed by atoms with E-state index in [9.17, 15) is 4.79 Å². The zero-order chi connectivity index (χ0) is 13.0. The van der Waals surface area contributed by atoms with E-state index in [1.807, 2.05) is 25.4 Å². The van der Waals surface area contributed by atoms with Gasteiger partial charge in [-0.25, -0.2) is 4.98 Å². The van der Waals surface area contributed by atoms with Crippen LogP contribution in [0.5, 0.6) is 5.88 Å². The molecular weight excluding hydrogens is 230 g/mol. The summed E-state index contributed by atoms with van der Waals surface area (Å²) < 4.78 is 6.81. The molecule has 0 saturated heterocycles. The van der Waals surface area contributed by atoms with Gasteiger partial charge in [-0.05, 0) is 23.8 Å². The van der Waals surface area contributed by atoms with E-state index < -0.39 is 0 Å². The van der Waals surface area contributed by atoms with Crippen molar-refractivity contribution >= 4 is 5.91 Å². The van der Waals surface area contributed by atoms with Crippen LogP contribution in [-0.2, 0) is 13.6 Å². The molecule has 1 amide bonds. The van der Waals surface area contributed by atoms with Gasteiger partial charge in [0.1, 0.15) is 5.69 Å². The van der Waals surface area contributed by atoms with Gasteiger partial charge in [-0.2, -0.15) is 0 Å². The van der Waals surface area contributed by atoms with Crippen LogP contribution in [0.1, 0.15) is 16.1 Å². The summed E-state index contributed by atoms with van der Waals surface area (Å²) in [6.07, 6.45) is 3.49. The van der Waals surface area contributed by atoms with Crippen molar-refractivity contribution in [3.63, 3.8) is 0 Å². The first-order valence-corrected chi connectivity index (χ1v) is 5.59. The van der Waals surface area contributed by atoms with E-state index in [4.69, 9.17) is 4.74 Å². The maximum absolute atomic E-state index is 11.9. The van der Waals surface area contributed by atoms with Crippen molar-refractivity contribution < 1.29 is 9.53 Å². The molecule has 0 spiro atoms. The number of carbonyl (C=O) groups is 1. The van der Waals surface area contributed by atoms with Gasteiger partial charge in [0.05, 0.1) is 7.11 Å². The molecule has 5 heteroatoms. The largest absolute Gasteiger partial charge is 0.481 e. The highest BCUT2D eigenvalue weighted by atomic mass is 16.5. The second kappa shape index (κ2) is 5.35. The van der Waals surface area contributed by atoms with E-state index in [0.717, 1.165) is 5.56 Å². The number of hydrogen-bond acceptors (Lipinski definition) is 3. The second-order valence-corrected chi connectivity index (χ2v) is 3.89. The van der Waals surface area contributed by atoms with Crippen LogP contribution in [-0.4, -0.2) is 22.6 Å². The number of carbonyl (C=O) groups excluding carboxylic acids is 1. The van der Waals surface area contributed by atoms with E-state index in [0.29, 0.717) is 18.1 Å². The average Bonchev–Trinajstić information content (AvgIpc) is 2.82. The molecule has 2 aromatic heterocycles. The Morgan fingerprint density at radius 1 is 1.50 bits per heavy atom. The maximum Gasteiger partial charge on any atom is 0.268 e. The molecule has 0 unspecified atom stereocenters. The van der Waals surface area contributed by atoms with Crippen LogP contribution in [0, 0.1) is 0 Å². The lowest BCUT2D eigenvalue weighted by Crippen LogP contribution is -2.24. The molecule has 0 saturated carbocycles. The lowest BCUT2D eigenvalue weighted by atomic mass is 10.2. The van der Waals surface area contributed by atoms with Gasteiger partial charge in [0, 0.05) is 32.1 Å². The molecule has 18 heavy (non-hydrogen) atoms. The first-order chi connectivity index (χ1) is 8.70. The number of methoxy groups -OCH3 is 1. The molecule has 0 aromatic carbocycles. The zero-order valence-electron chi connectivity index (χ0n) is 10.4. The predicted molar refractivity (Wildman–Crippen MR) is 67.4 cm³/mol. The molecule has 2 rings (SSSR count). The Hall–Kier alpha value is -2.30. The third-order valence-electron chi connectivity index (χ3n) is 2.64.